The maximum atomic E-state index is 12.2. The second-order valence-electron chi connectivity index (χ2n) is 6.93. The van der Waals surface area contributed by atoms with Crippen LogP contribution in [0, 0.1) is 5.41 Å². The van der Waals surface area contributed by atoms with Gasteiger partial charge in [0.1, 0.15) is 12.2 Å². The molecule has 0 unspecified atom stereocenters. The predicted molar refractivity (Wildman–Crippen MR) is 83.0 cm³/mol. The van der Waals surface area contributed by atoms with Gasteiger partial charge in [-0.25, -0.2) is 0 Å². The Balaban J connectivity index is 1.75. The Bertz CT molecular complexity index is 524. The smallest absolute Gasteiger partial charge is 0.312 e. The van der Waals surface area contributed by atoms with Crippen LogP contribution in [0.5, 0.6) is 0 Å². The minimum absolute atomic E-state index is 0.184. The van der Waals surface area contributed by atoms with Gasteiger partial charge in [0.2, 0.25) is 0 Å². The zero-order chi connectivity index (χ0) is 16.2. The van der Waals surface area contributed by atoms with Gasteiger partial charge in [0.25, 0.3) is 0 Å². The number of carbonyl (C=O) groups excluding carboxylic acids is 2. The molecule has 1 aliphatic rings. The highest BCUT2D eigenvalue weighted by atomic mass is 16.6. The molecule has 1 aromatic carbocycles. The predicted octanol–water partition coefficient (Wildman–Crippen LogP) is 3.63. The number of hydrogen-bond donors (Lipinski definition) is 0. The SMILES string of the molecule is CC(C)(C)OC(=O)C1(CCC(=O)OCc2ccccc2)CC1. The number of benzene rings is 1. The summed E-state index contributed by atoms with van der Waals surface area (Å²) < 4.78 is 10.7. The van der Waals surface area contributed by atoms with E-state index in [1.807, 2.05) is 51.1 Å². The Morgan fingerprint density at radius 2 is 1.77 bits per heavy atom. The van der Waals surface area contributed by atoms with E-state index in [0.29, 0.717) is 6.42 Å². The minimum atomic E-state index is -0.486. The third-order valence-corrected chi connectivity index (χ3v) is 3.74. The monoisotopic (exact) mass is 304 g/mol. The van der Waals surface area contributed by atoms with E-state index in [2.05, 4.69) is 0 Å². The van der Waals surface area contributed by atoms with Crippen molar-refractivity contribution in [2.45, 2.75) is 58.7 Å². The van der Waals surface area contributed by atoms with Gasteiger partial charge in [0.05, 0.1) is 5.41 Å². The molecule has 0 aromatic heterocycles. The van der Waals surface area contributed by atoms with Gasteiger partial charge in [-0.1, -0.05) is 30.3 Å². The Hall–Kier alpha value is -1.84. The van der Waals surface area contributed by atoms with Crippen molar-refractivity contribution in [3.8, 4) is 0 Å². The Labute approximate surface area is 131 Å². The van der Waals surface area contributed by atoms with Crippen LogP contribution in [0.15, 0.2) is 30.3 Å². The first kappa shape index (κ1) is 16.5. The fourth-order valence-electron chi connectivity index (χ4n) is 2.24. The van der Waals surface area contributed by atoms with Crippen LogP contribution >= 0.6 is 0 Å². The summed E-state index contributed by atoms with van der Waals surface area (Å²) in [5, 5.41) is 0. The van der Waals surface area contributed by atoms with Crippen molar-refractivity contribution in [2.24, 2.45) is 5.41 Å². The summed E-state index contributed by atoms with van der Waals surface area (Å²) in [7, 11) is 0. The van der Waals surface area contributed by atoms with Gasteiger partial charge in [-0.05, 0) is 45.6 Å². The summed E-state index contributed by atoms with van der Waals surface area (Å²) >= 11 is 0. The molecule has 1 fully saturated rings. The van der Waals surface area contributed by atoms with Crippen LogP contribution in [0.25, 0.3) is 0 Å². The molecule has 4 heteroatoms. The molecule has 0 spiro atoms. The van der Waals surface area contributed by atoms with Gasteiger partial charge < -0.3 is 9.47 Å². The van der Waals surface area contributed by atoms with Crippen LogP contribution in [-0.2, 0) is 25.7 Å². The summed E-state index contributed by atoms with van der Waals surface area (Å²) in [4.78, 5) is 24.0. The highest BCUT2D eigenvalue weighted by molar-refractivity contribution is 5.81. The summed E-state index contributed by atoms with van der Waals surface area (Å²) in [6.07, 6.45) is 2.36. The fourth-order valence-corrected chi connectivity index (χ4v) is 2.24. The molecule has 0 heterocycles. The Morgan fingerprint density at radius 3 is 2.32 bits per heavy atom. The first-order valence-electron chi connectivity index (χ1n) is 7.74. The van der Waals surface area contributed by atoms with Crippen LogP contribution in [0.4, 0.5) is 0 Å². The van der Waals surface area contributed by atoms with E-state index < -0.39 is 11.0 Å². The van der Waals surface area contributed by atoms with E-state index in [0.717, 1.165) is 18.4 Å². The highest BCUT2D eigenvalue weighted by Gasteiger charge is 2.52. The maximum Gasteiger partial charge on any atom is 0.312 e. The van der Waals surface area contributed by atoms with E-state index in [1.165, 1.54) is 0 Å². The van der Waals surface area contributed by atoms with Crippen molar-refractivity contribution >= 4 is 11.9 Å². The molecule has 2 rings (SSSR count). The average Bonchev–Trinajstić information content (AvgIpc) is 3.23. The quantitative estimate of drug-likeness (QED) is 0.753. The van der Waals surface area contributed by atoms with Crippen LogP contribution in [-0.4, -0.2) is 17.5 Å². The lowest BCUT2D eigenvalue weighted by atomic mass is 10.00. The average molecular weight is 304 g/mol. The maximum absolute atomic E-state index is 12.2. The summed E-state index contributed by atoms with van der Waals surface area (Å²) in [5.74, 6) is -0.449. The molecule has 0 N–H and O–H groups in total. The molecule has 0 aliphatic heterocycles. The number of hydrogen-bond acceptors (Lipinski definition) is 4. The van der Waals surface area contributed by atoms with Crippen molar-refractivity contribution in [3.63, 3.8) is 0 Å². The largest absolute Gasteiger partial charge is 0.461 e. The molecule has 22 heavy (non-hydrogen) atoms. The van der Waals surface area contributed by atoms with E-state index in [9.17, 15) is 9.59 Å². The van der Waals surface area contributed by atoms with Crippen molar-refractivity contribution in [1.29, 1.82) is 0 Å². The van der Waals surface area contributed by atoms with Gasteiger partial charge >= 0.3 is 11.9 Å². The van der Waals surface area contributed by atoms with Gasteiger partial charge in [-0.2, -0.15) is 0 Å². The molecule has 0 radical (unpaired) electrons. The fraction of sp³-hybridized carbons (Fsp3) is 0.556. The highest BCUT2D eigenvalue weighted by Crippen LogP contribution is 2.51. The first-order valence-corrected chi connectivity index (χ1v) is 7.74. The molecule has 1 aromatic rings. The molecular formula is C18H24O4. The summed E-state index contributed by atoms with van der Waals surface area (Å²) in [5.41, 5.74) is 0.0173. The molecule has 4 nitrogen and oxygen atoms in total. The lowest BCUT2D eigenvalue weighted by molar-refractivity contribution is -0.162. The second kappa shape index (κ2) is 6.51. The van der Waals surface area contributed by atoms with Crippen molar-refractivity contribution in [2.75, 3.05) is 0 Å². The Kier molecular flexibility index (Phi) is 4.89. The third kappa shape index (κ3) is 4.86. The molecular weight excluding hydrogens is 280 g/mol. The minimum Gasteiger partial charge on any atom is -0.461 e. The first-order chi connectivity index (χ1) is 10.3. The number of esters is 2. The van der Waals surface area contributed by atoms with Gasteiger partial charge in [0, 0.05) is 6.42 Å². The van der Waals surface area contributed by atoms with Crippen LogP contribution in [0.1, 0.15) is 52.0 Å². The van der Waals surface area contributed by atoms with Crippen molar-refractivity contribution < 1.29 is 19.1 Å². The zero-order valence-electron chi connectivity index (χ0n) is 13.6. The molecule has 1 saturated carbocycles. The van der Waals surface area contributed by atoms with Gasteiger partial charge in [0.15, 0.2) is 0 Å². The standard InChI is InChI=1S/C18H24O4/c1-17(2,3)22-16(20)18(11-12-18)10-9-15(19)21-13-14-7-5-4-6-8-14/h4-8H,9-13H2,1-3H3. The van der Waals surface area contributed by atoms with E-state index in [1.54, 1.807) is 0 Å². The molecule has 1 aliphatic carbocycles. The zero-order valence-corrected chi connectivity index (χ0v) is 13.6. The van der Waals surface area contributed by atoms with Gasteiger partial charge in [-0.15, -0.1) is 0 Å². The lowest BCUT2D eigenvalue weighted by Crippen LogP contribution is -2.30. The molecule has 0 bridgehead atoms. The molecule has 0 amide bonds. The summed E-state index contributed by atoms with van der Waals surface area (Å²) in [6, 6.07) is 9.56. The number of ether oxygens (including phenoxy) is 2. The second-order valence-corrected chi connectivity index (χ2v) is 6.93. The van der Waals surface area contributed by atoms with Crippen LogP contribution in [0.3, 0.4) is 0 Å². The molecule has 120 valence electrons. The lowest BCUT2D eigenvalue weighted by Gasteiger charge is -2.23. The Morgan fingerprint density at radius 1 is 1.14 bits per heavy atom. The van der Waals surface area contributed by atoms with Crippen LogP contribution < -0.4 is 0 Å². The van der Waals surface area contributed by atoms with Gasteiger partial charge in [-0.3, -0.25) is 9.59 Å². The topological polar surface area (TPSA) is 52.6 Å². The number of carbonyl (C=O) groups is 2. The molecule has 0 saturated heterocycles. The van der Waals surface area contributed by atoms with E-state index in [4.69, 9.17) is 9.47 Å². The number of rotatable bonds is 6. The van der Waals surface area contributed by atoms with Crippen molar-refractivity contribution in [1.82, 2.24) is 0 Å². The van der Waals surface area contributed by atoms with Crippen LogP contribution in [0.2, 0.25) is 0 Å². The van der Waals surface area contributed by atoms with Crippen molar-refractivity contribution in [3.05, 3.63) is 35.9 Å². The molecule has 0 atom stereocenters. The third-order valence-electron chi connectivity index (χ3n) is 3.74. The normalized spacial score (nSPS) is 16.0. The summed E-state index contributed by atoms with van der Waals surface area (Å²) in [6.45, 7) is 5.85. The van der Waals surface area contributed by atoms with E-state index >= 15 is 0 Å². The van der Waals surface area contributed by atoms with E-state index in [-0.39, 0.29) is 25.0 Å².